The van der Waals surface area contributed by atoms with Crippen LogP contribution in [0.5, 0.6) is 0 Å². The fraction of sp³-hybridized carbons (Fsp3) is 0.400. The highest BCUT2D eigenvalue weighted by Gasteiger charge is 2.10. The number of nitrogens with zero attached hydrogens (tertiary/aromatic N) is 1. The number of rotatable bonds is 1. The maximum atomic E-state index is 3.20. The van der Waals surface area contributed by atoms with E-state index in [0.29, 0.717) is 6.04 Å². The Labute approximate surface area is 72.9 Å². The lowest BCUT2D eigenvalue weighted by Crippen LogP contribution is -2.11. The van der Waals surface area contributed by atoms with Gasteiger partial charge in [0, 0.05) is 24.5 Å². The maximum Gasteiger partial charge on any atom is 0.0474 e. The Balaban J connectivity index is 2.47. The molecule has 0 fully saturated rings. The van der Waals surface area contributed by atoms with E-state index in [1.165, 1.54) is 11.3 Å². The number of hydrogen-bond donors (Lipinski definition) is 1. The van der Waals surface area contributed by atoms with Gasteiger partial charge in [0.25, 0.3) is 0 Å². The lowest BCUT2D eigenvalue weighted by Gasteiger charge is -2.14. The standard InChI is InChI=1S/C10H14N2/c1-8(2)12-6-4-9-7-11-5-3-10(9)12/h3-6,8,11H,7H2,1-2H3. The van der Waals surface area contributed by atoms with Crippen LogP contribution in [0.4, 0.5) is 0 Å². The molecule has 0 saturated heterocycles. The highest BCUT2D eigenvalue weighted by atomic mass is 15.0. The van der Waals surface area contributed by atoms with Crippen LogP contribution in [0.25, 0.3) is 6.08 Å². The molecule has 2 heteroatoms. The van der Waals surface area contributed by atoms with Gasteiger partial charge in [-0.15, -0.1) is 0 Å². The first-order valence-electron chi connectivity index (χ1n) is 4.38. The van der Waals surface area contributed by atoms with Gasteiger partial charge in [0.1, 0.15) is 0 Å². The number of aromatic nitrogens is 1. The van der Waals surface area contributed by atoms with Gasteiger partial charge in [0.2, 0.25) is 0 Å². The summed E-state index contributed by atoms with van der Waals surface area (Å²) in [5.41, 5.74) is 2.75. The van der Waals surface area contributed by atoms with Crippen molar-refractivity contribution in [2.75, 3.05) is 0 Å². The van der Waals surface area contributed by atoms with Crippen LogP contribution in [0.3, 0.4) is 0 Å². The molecule has 12 heavy (non-hydrogen) atoms. The van der Waals surface area contributed by atoms with Gasteiger partial charge in [-0.2, -0.15) is 0 Å². The highest BCUT2D eigenvalue weighted by Crippen LogP contribution is 2.19. The third-order valence-corrected chi connectivity index (χ3v) is 2.25. The molecule has 0 saturated carbocycles. The van der Waals surface area contributed by atoms with Crippen molar-refractivity contribution in [1.29, 1.82) is 0 Å². The topological polar surface area (TPSA) is 17.0 Å². The minimum atomic E-state index is 0.552. The fourth-order valence-electron chi connectivity index (χ4n) is 1.60. The van der Waals surface area contributed by atoms with Crippen molar-refractivity contribution in [2.45, 2.75) is 26.4 Å². The number of hydrogen-bond acceptors (Lipinski definition) is 1. The molecular weight excluding hydrogens is 148 g/mol. The van der Waals surface area contributed by atoms with Crippen LogP contribution >= 0.6 is 0 Å². The molecule has 0 radical (unpaired) electrons. The summed E-state index contributed by atoms with van der Waals surface area (Å²) in [6.07, 6.45) is 6.31. The molecule has 0 aliphatic carbocycles. The van der Waals surface area contributed by atoms with E-state index in [1.807, 2.05) is 6.20 Å². The second-order valence-electron chi connectivity index (χ2n) is 3.44. The molecule has 1 aromatic heterocycles. The van der Waals surface area contributed by atoms with Gasteiger partial charge >= 0.3 is 0 Å². The molecule has 0 bridgehead atoms. The molecule has 2 nitrogen and oxygen atoms in total. The lowest BCUT2D eigenvalue weighted by atomic mass is 10.2. The van der Waals surface area contributed by atoms with E-state index in [2.05, 4.69) is 42.1 Å². The van der Waals surface area contributed by atoms with Crippen molar-refractivity contribution in [3.63, 3.8) is 0 Å². The van der Waals surface area contributed by atoms with Crippen LogP contribution in [-0.2, 0) is 6.54 Å². The second-order valence-corrected chi connectivity index (χ2v) is 3.44. The normalized spacial score (nSPS) is 14.6. The summed E-state index contributed by atoms with van der Waals surface area (Å²) < 4.78 is 2.30. The Hall–Kier alpha value is -1.18. The molecule has 1 aromatic rings. The first-order valence-corrected chi connectivity index (χ1v) is 4.38. The van der Waals surface area contributed by atoms with E-state index >= 15 is 0 Å². The molecule has 0 aromatic carbocycles. The van der Waals surface area contributed by atoms with E-state index in [4.69, 9.17) is 0 Å². The molecule has 1 aliphatic rings. The van der Waals surface area contributed by atoms with Gasteiger partial charge in [-0.1, -0.05) is 0 Å². The third-order valence-electron chi connectivity index (χ3n) is 2.25. The average molecular weight is 162 g/mol. The summed E-state index contributed by atoms with van der Waals surface area (Å²) in [7, 11) is 0. The average Bonchev–Trinajstić information content (AvgIpc) is 2.47. The zero-order chi connectivity index (χ0) is 8.55. The zero-order valence-corrected chi connectivity index (χ0v) is 7.54. The molecular formula is C10H14N2. The van der Waals surface area contributed by atoms with Crippen molar-refractivity contribution >= 4 is 6.08 Å². The van der Waals surface area contributed by atoms with Gasteiger partial charge in [-0.05, 0) is 37.8 Å². The first kappa shape index (κ1) is 7.47. The largest absolute Gasteiger partial charge is 0.387 e. The summed E-state index contributed by atoms with van der Waals surface area (Å²) in [4.78, 5) is 0. The fourth-order valence-corrected chi connectivity index (χ4v) is 1.60. The minimum absolute atomic E-state index is 0.552. The van der Waals surface area contributed by atoms with Crippen molar-refractivity contribution in [2.24, 2.45) is 0 Å². The molecule has 64 valence electrons. The summed E-state index contributed by atoms with van der Waals surface area (Å²) in [5, 5.41) is 3.20. The predicted octanol–water partition coefficient (Wildman–Crippen LogP) is 2.14. The van der Waals surface area contributed by atoms with Gasteiger partial charge in [0.05, 0.1) is 0 Å². The Morgan fingerprint density at radius 1 is 1.50 bits per heavy atom. The summed E-state index contributed by atoms with van der Waals surface area (Å²) >= 11 is 0. The summed E-state index contributed by atoms with van der Waals surface area (Å²) in [5.74, 6) is 0. The van der Waals surface area contributed by atoms with Crippen LogP contribution in [0.1, 0.15) is 31.1 Å². The molecule has 0 spiro atoms. The Kier molecular flexibility index (Phi) is 1.68. The molecule has 1 N–H and O–H groups in total. The highest BCUT2D eigenvalue weighted by molar-refractivity contribution is 5.52. The van der Waals surface area contributed by atoms with Crippen LogP contribution in [0.2, 0.25) is 0 Å². The maximum absolute atomic E-state index is 3.20. The van der Waals surface area contributed by atoms with Crippen molar-refractivity contribution in [3.05, 3.63) is 29.7 Å². The minimum Gasteiger partial charge on any atom is -0.387 e. The SMILES string of the molecule is CC(C)n1ccc2c1C=CNC2. The van der Waals surface area contributed by atoms with Gasteiger partial charge < -0.3 is 9.88 Å². The van der Waals surface area contributed by atoms with Gasteiger partial charge in [-0.25, -0.2) is 0 Å². The zero-order valence-electron chi connectivity index (χ0n) is 7.54. The first-order chi connectivity index (χ1) is 5.79. The number of fused-ring (bicyclic) bond motifs is 1. The van der Waals surface area contributed by atoms with Crippen LogP contribution in [-0.4, -0.2) is 4.57 Å². The molecule has 0 atom stereocenters. The predicted molar refractivity (Wildman–Crippen MR) is 50.7 cm³/mol. The molecule has 1 aliphatic heterocycles. The van der Waals surface area contributed by atoms with Gasteiger partial charge in [0.15, 0.2) is 0 Å². The van der Waals surface area contributed by atoms with Crippen LogP contribution in [0.15, 0.2) is 18.5 Å². The van der Waals surface area contributed by atoms with E-state index in [9.17, 15) is 0 Å². The van der Waals surface area contributed by atoms with E-state index in [-0.39, 0.29) is 0 Å². The molecule has 2 rings (SSSR count). The quantitative estimate of drug-likeness (QED) is 0.669. The molecule has 0 unspecified atom stereocenters. The van der Waals surface area contributed by atoms with E-state index in [1.54, 1.807) is 0 Å². The molecule has 0 amide bonds. The van der Waals surface area contributed by atoms with Gasteiger partial charge in [-0.3, -0.25) is 0 Å². The monoisotopic (exact) mass is 162 g/mol. The van der Waals surface area contributed by atoms with Crippen molar-refractivity contribution in [3.8, 4) is 0 Å². The molecule has 2 heterocycles. The second kappa shape index (κ2) is 2.70. The lowest BCUT2D eigenvalue weighted by molar-refractivity contribution is 0.595. The van der Waals surface area contributed by atoms with Crippen LogP contribution in [0, 0.1) is 0 Å². The van der Waals surface area contributed by atoms with E-state index < -0.39 is 0 Å². The summed E-state index contributed by atoms with van der Waals surface area (Å²) in [6.45, 7) is 5.37. The number of nitrogens with one attached hydrogen (secondary N) is 1. The Morgan fingerprint density at radius 3 is 3.08 bits per heavy atom. The Morgan fingerprint density at radius 2 is 2.33 bits per heavy atom. The van der Waals surface area contributed by atoms with Crippen molar-refractivity contribution < 1.29 is 0 Å². The van der Waals surface area contributed by atoms with E-state index in [0.717, 1.165) is 6.54 Å². The third kappa shape index (κ3) is 1.04. The Bertz CT molecular complexity index is 308. The smallest absolute Gasteiger partial charge is 0.0474 e. The van der Waals surface area contributed by atoms with Crippen molar-refractivity contribution in [1.82, 2.24) is 9.88 Å². The van der Waals surface area contributed by atoms with Crippen LogP contribution < -0.4 is 5.32 Å². The summed E-state index contributed by atoms with van der Waals surface area (Å²) in [6, 6.07) is 2.74.